The normalized spacial score (nSPS) is 10.6. The zero-order chi connectivity index (χ0) is 21.0. The standard InChI is InChI=1S/C21H17Br2ClN2O3/c1-13-19(24)3-2-4-20(13)25-11-15-9-16(22)10-18(23)21(15)29-12-14-5-7-17(8-6-14)26(27)28/h2-10,25H,11-12H2,1H3. The first kappa shape index (κ1) is 21.6. The molecule has 0 aliphatic heterocycles. The van der Waals surface area contributed by atoms with Gasteiger partial charge in [0.25, 0.3) is 5.69 Å². The van der Waals surface area contributed by atoms with Crippen LogP contribution >= 0.6 is 43.5 Å². The lowest BCUT2D eigenvalue weighted by Crippen LogP contribution is -2.05. The largest absolute Gasteiger partial charge is 0.487 e. The second-order valence-corrected chi connectivity index (χ2v) is 8.53. The molecule has 0 saturated carbocycles. The molecule has 150 valence electrons. The Bertz CT molecular complexity index is 1040. The van der Waals surface area contributed by atoms with Crippen LogP contribution in [0.4, 0.5) is 11.4 Å². The number of rotatable bonds is 7. The Morgan fingerprint density at radius 3 is 2.55 bits per heavy atom. The number of non-ortho nitro benzene ring substituents is 1. The van der Waals surface area contributed by atoms with Crippen LogP contribution in [0, 0.1) is 17.0 Å². The predicted octanol–water partition coefficient (Wildman–Crippen LogP) is 7.27. The van der Waals surface area contributed by atoms with E-state index in [1.807, 2.05) is 37.3 Å². The van der Waals surface area contributed by atoms with Gasteiger partial charge in [-0.1, -0.05) is 33.6 Å². The molecule has 0 fully saturated rings. The highest BCUT2D eigenvalue weighted by Gasteiger charge is 2.12. The second kappa shape index (κ2) is 9.61. The van der Waals surface area contributed by atoms with Crippen LogP contribution in [-0.2, 0) is 13.2 Å². The van der Waals surface area contributed by atoms with Gasteiger partial charge in [0.2, 0.25) is 0 Å². The number of anilines is 1. The summed E-state index contributed by atoms with van der Waals surface area (Å²) in [5, 5.41) is 14.9. The van der Waals surface area contributed by atoms with Crippen molar-refractivity contribution in [2.24, 2.45) is 0 Å². The van der Waals surface area contributed by atoms with Gasteiger partial charge in [0, 0.05) is 39.4 Å². The fourth-order valence-electron chi connectivity index (χ4n) is 2.77. The lowest BCUT2D eigenvalue weighted by atomic mass is 10.1. The molecule has 0 bridgehead atoms. The summed E-state index contributed by atoms with van der Waals surface area (Å²) in [6.07, 6.45) is 0. The van der Waals surface area contributed by atoms with E-state index in [-0.39, 0.29) is 5.69 Å². The number of nitrogens with one attached hydrogen (secondary N) is 1. The van der Waals surface area contributed by atoms with Crippen molar-refractivity contribution in [2.75, 3.05) is 5.32 Å². The molecular formula is C21H17Br2ClN2O3. The summed E-state index contributed by atoms with van der Waals surface area (Å²) < 4.78 is 7.78. The Morgan fingerprint density at radius 2 is 1.86 bits per heavy atom. The van der Waals surface area contributed by atoms with Crippen LogP contribution in [0.15, 0.2) is 63.5 Å². The Labute approximate surface area is 190 Å². The van der Waals surface area contributed by atoms with Crippen LogP contribution in [0.5, 0.6) is 5.75 Å². The van der Waals surface area contributed by atoms with E-state index in [1.165, 1.54) is 12.1 Å². The SMILES string of the molecule is Cc1c(Cl)cccc1NCc1cc(Br)cc(Br)c1OCc1ccc([N+](=O)[O-])cc1. The molecule has 3 aromatic carbocycles. The zero-order valence-electron chi connectivity index (χ0n) is 15.4. The van der Waals surface area contributed by atoms with E-state index >= 15 is 0 Å². The highest BCUT2D eigenvalue weighted by Crippen LogP contribution is 2.34. The molecule has 0 aromatic heterocycles. The van der Waals surface area contributed by atoms with Crippen LogP contribution in [0.2, 0.25) is 5.02 Å². The molecule has 8 heteroatoms. The highest BCUT2D eigenvalue weighted by atomic mass is 79.9. The molecule has 5 nitrogen and oxygen atoms in total. The Kier molecular flexibility index (Phi) is 7.16. The van der Waals surface area contributed by atoms with Crippen molar-refractivity contribution in [3.05, 3.63) is 95.4 Å². The maximum absolute atomic E-state index is 10.8. The number of nitro benzene ring substituents is 1. The topological polar surface area (TPSA) is 64.4 Å². The third-order valence-electron chi connectivity index (χ3n) is 4.35. The van der Waals surface area contributed by atoms with Crippen molar-refractivity contribution in [1.29, 1.82) is 0 Å². The van der Waals surface area contributed by atoms with Crippen LogP contribution in [-0.4, -0.2) is 4.92 Å². The number of hydrogen-bond donors (Lipinski definition) is 1. The summed E-state index contributed by atoms with van der Waals surface area (Å²) >= 11 is 13.3. The van der Waals surface area contributed by atoms with Crippen LogP contribution < -0.4 is 10.1 Å². The first-order valence-electron chi connectivity index (χ1n) is 8.68. The van der Waals surface area contributed by atoms with E-state index in [1.54, 1.807) is 12.1 Å². The van der Waals surface area contributed by atoms with Crippen molar-refractivity contribution < 1.29 is 9.66 Å². The van der Waals surface area contributed by atoms with Gasteiger partial charge in [-0.25, -0.2) is 0 Å². The minimum absolute atomic E-state index is 0.0559. The van der Waals surface area contributed by atoms with Crippen molar-refractivity contribution >= 4 is 54.8 Å². The second-order valence-electron chi connectivity index (χ2n) is 6.35. The maximum Gasteiger partial charge on any atom is 0.269 e. The minimum atomic E-state index is -0.419. The van der Waals surface area contributed by atoms with Gasteiger partial charge in [-0.05, 0) is 70.4 Å². The lowest BCUT2D eigenvalue weighted by molar-refractivity contribution is -0.384. The molecule has 0 amide bonds. The van der Waals surface area contributed by atoms with E-state index in [9.17, 15) is 10.1 Å². The van der Waals surface area contributed by atoms with Crippen LogP contribution in [0.3, 0.4) is 0 Å². The van der Waals surface area contributed by atoms with Crippen LogP contribution in [0.1, 0.15) is 16.7 Å². The van der Waals surface area contributed by atoms with E-state index in [2.05, 4.69) is 37.2 Å². The summed E-state index contributed by atoms with van der Waals surface area (Å²) in [6, 6.07) is 16.0. The molecule has 0 atom stereocenters. The molecule has 29 heavy (non-hydrogen) atoms. The first-order chi connectivity index (χ1) is 13.8. The van der Waals surface area contributed by atoms with Gasteiger partial charge in [-0.2, -0.15) is 0 Å². The number of hydrogen-bond acceptors (Lipinski definition) is 4. The molecule has 0 spiro atoms. The Morgan fingerprint density at radius 1 is 1.14 bits per heavy atom. The van der Waals surface area contributed by atoms with Gasteiger partial charge in [0.05, 0.1) is 9.40 Å². The molecule has 0 heterocycles. The van der Waals surface area contributed by atoms with E-state index in [4.69, 9.17) is 16.3 Å². The summed E-state index contributed by atoms with van der Waals surface area (Å²) in [7, 11) is 0. The first-order valence-corrected chi connectivity index (χ1v) is 10.6. The van der Waals surface area contributed by atoms with Gasteiger partial charge in [-0.15, -0.1) is 0 Å². The molecular weight excluding hydrogens is 524 g/mol. The number of halogens is 3. The fraction of sp³-hybridized carbons (Fsp3) is 0.143. The minimum Gasteiger partial charge on any atom is -0.487 e. The quantitative estimate of drug-likeness (QED) is 0.253. The fourth-order valence-corrected chi connectivity index (χ4v) is 4.37. The summed E-state index contributed by atoms with van der Waals surface area (Å²) in [4.78, 5) is 10.4. The Balaban J connectivity index is 1.77. The average molecular weight is 541 g/mol. The molecule has 3 rings (SSSR count). The molecule has 0 radical (unpaired) electrons. The molecule has 0 aliphatic rings. The van der Waals surface area contributed by atoms with Crippen molar-refractivity contribution in [1.82, 2.24) is 0 Å². The van der Waals surface area contributed by atoms with Crippen molar-refractivity contribution in [2.45, 2.75) is 20.1 Å². The molecule has 1 N–H and O–H groups in total. The summed E-state index contributed by atoms with van der Waals surface area (Å²) in [6.45, 7) is 2.80. The van der Waals surface area contributed by atoms with E-state index in [0.29, 0.717) is 23.9 Å². The van der Waals surface area contributed by atoms with E-state index < -0.39 is 4.92 Å². The molecule has 0 aliphatic carbocycles. The Hall–Kier alpha value is -2.09. The monoisotopic (exact) mass is 538 g/mol. The number of benzene rings is 3. The van der Waals surface area contributed by atoms with Crippen molar-refractivity contribution in [3.8, 4) is 5.75 Å². The molecule has 0 unspecified atom stereocenters. The summed E-state index contributed by atoms with van der Waals surface area (Å²) in [5.41, 5.74) is 3.79. The smallest absolute Gasteiger partial charge is 0.269 e. The van der Waals surface area contributed by atoms with Gasteiger partial charge >= 0.3 is 0 Å². The lowest BCUT2D eigenvalue weighted by Gasteiger charge is -2.16. The van der Waals surface area contributed by atoms with Gasteiger partial charge in [0.1, 0.15) is 12.4 Å². The van der Waals surface area contributed by atoms with Crippen molar-refractivity contribution in [3.63, 3.8) is 0 Å². The summed E-state index contributed by atoms with van der Waals surface area (Å²) in [5.74, 6) is 0.707. The predicted molar refractivity (Wildman–Crippen MR) is 123 cm³/mol. The van der Waals surface area contributed by atoms with Gasteiger partial charge in [0.15, 0.2) is 0 Å². The van der Waals surface area contributed by atoms with Crippen LogP contribution in [0.25, 0.3) is 0 Å². The van der Waals surface area contributed by atoms with Gasteiger partial charge < -0.3 is 10.1 Å². The number of nitro groups is 1. The highest BCUT2D eigenvalue weighted by molar-refractivity contribution is 9.11. The van der Waals surface area contributed by atoms with Gasteiger partial charge in [-0.3, -0.25) is 10.1 Å². The number of ether oxygens (including phenoxy) is 1. The molecule has 0 saturated heterocycles. The third kappa shape index (κ3) is 5.50. The third-order valence-corrected chi connectivity index (χ3v) is 5.81. The average Bonchev–Trinajstić information content (AvgIpc) is 2.68. The maximum atomic E-state index is 10.8. The zero-order valence-corrected chi connectivity index (χ0v) is 19.3. The van der Waals surface area contributed by atoms with E-state index in [0.717, 1.165) is 31.3 Å². The number of nitrogens with zero attached hydrogens (tertiary/aromatic N) is 1. The molecule has 3 aromatic rings.